The number of anilines is 3. The number of rotatable bonds is 6. The number of aromatic nitrogens is 2. The van der Waals surface area contributed by atoms with Gasteiger partial charge in [-0.15, -0.1) is 0 Å². The average Bonchev–Trinajstić information content (AvgIpc) is 3.20. The van der Waals surface area contributed by atoms with E-state index in [4.69, 9.17) is 0 Å². The minimum Gasteiger partial charge on any atom is -0.355 e. The Labute approximate surface area is 181 Å². The molecular formula is C26H24N4O. The molecule has 0 unspecified atom stereocenters. The van der Waals surface area contributed by atoms with Gasteiger partial charge in [0.1, 0.15) is 0 Å². The first-order chi connectivity index (χ1) is 15.1. The second-order valence-electron chi connectivity index (χ2n) is 7.24. The topological polar surface area (TPSA) is 69.8 Å². The van der Waals surface area contributed by atoms with Crippen LogP contribution >= 0.6 is 0 Å². The molecule has 1 aromatic heterocycles. The van der Waals surface area contributed by atoms with Crippen molar-refractivity contribution in [2.75, 3.05) is 10.6 Å². The molecule has 31 heavy (non-hydrogen) atoms. The van der Waals surface area contributed by atoms with Gasteiger partial charge in [-0.05, 0) is 61.9 Å². The number of benzene rings is 3. The van der Waals surface area contributed by atoms with Crippen LogP contribution < -0.4 is 10.6 Å². The van der Waals surface area contributed by atoms with Crippen molar-refractivity contribution in [1.29, 1.82) is 0 Å². The molecule has 3 aromatic carbocycles. The van der Waals surface area contributed by atoms with Gasteiger partial charge in [0.15, 0.2) is 0 Å². The normalized spacial score (nSPS) is 11.7. The molecule has 0 aliphatic rings. The van der Waals surface area contributed by atoms with E-state index in [0.29, 0.717) is 5.57 Å². The number of carbonyl (C=O) groups is 1. The molecule has 0 saturated heterocycles. The first kappa shape index (κ1) is 20.2. The third-order valence-electron chi connectivity index (χ3n) is 5.03. The predicted molar refractivity (Wildman–Crippen MR) is 129 cm³/mol. The molecule has 0 saturated carbocycles. The number of nitrogens with zero attached hydrogens (tertiary/aromatic N) is 1. The molecule has 5 nitrogen and oxygen atoms in total. The molecule has 0 bridgehead atoms. The number of nitrogens with one attached hydrogen (secondary N) is 3. The number of allylic oxidation sites excluding steroid dienone is 1. The van der Waals surface area contributed by atoms with E-state index < -0.39 is 0 Å². The maximum absolute atomic E-state index is 12.1. The van der Waals surface area contributed by atoms with Crippen molar-refractivity contribution in [3.05, 3.63) is 95.7 Å². The number of fused-ring (bicyclic) bond motifs is 1. The Morgan fingerprint density at radius 3 is 2.48 bits per heavy atom. The number of H-pyrrole nitrogens is 1. The van der Waals surface area contributed by atoms with Crippen LogP contribution in [0.3, 0.4) is 0 Å². The SMILES string of the molecule is C/C=C(\C)C(=O)Nc1cccc(Nc2ccc3c(/C=C/c4ccccc4)n[nH]c3c2)c1. The summed E-state index contributed by atoms with van der Waals surface area (Å²) in [5.74, 6) is -0.102. The van der Waals surface area contributed by atoms with Crippen molar-refractivity contribution in [3.8, 4) is 0 Å². The molecule has 4 aromatic rings. The summed E-state index contributed by atoms with van der Waals surface area (Å²) < 4.78 is 0. The van der Waals surface area contributed by atoms with Gasteiger partial charge >= 0.3 is 0 Å². The van der Waals surface area contributed by atoms with Crippen LogP contribution in [-0.2, 0) is 4.79 Å². The fraction of sp³-hybridized carbons (Fsp3) is 0.0769. The minimum absolute atomic E-state index is 0.102. The van der Waals surface area contributed by atoms with Crippen LogP contribution in [-0.4, -0.2) is 16.1 Å². The zero-order chi connectivity index (χ0) is 21.6. The fourth-order valence-electron chi connectivity index (χ4n) is 3.19. The summed E-state index contributed by atoms with van der Waals surface area (Å²) in [5.41, 5.74) is 6.23. The predicted octanol–water partition coefficient (Wildman–Crippen LogP) is 6.38. The van der Waals surface area contributed by atoms with Crippen molar-refractivity contribution in [2.45, 2.75) is 13.8 Å². The number of amides is 1. The van der Waals surface area contributed by atoms with Crippen LogP contribution in [0.15, 0.2) is 84.4 Å². The van der Waals surface area contributed by atoms with Crippen LogP contribution in [0.25, 0.3) is 23.1 Å². The molecule has 3 N–H and O–H groups in total. The molecule has 0 atom stereocenters. The Balaban J connectivity index is 1.50. The number of carbonyl (C=O) groups excluding carboxylic acids is 1. The summed E-state index contributed by atoms with van der Waals surface area (Å²) >= 11 is 0. The second kappa shape index (κ2) is 9.13. The smallest absolute Gasteiger partial charge is 0.250 e. The van der Waals surface area contributed by atoms with Crippen molar-refractivity contribution < 1.29 is 4.79 Å². The van der Waals surface area contributed by atoms with Gasteiger partial charge in [-0.2, -0.15) is 5.10 Å². The summed E-state index contributed by atoms with van der Waals surface area (Å²) in [6, 6.07) is 23.9. The number of hydrogen-bond acceptors (Lipinski definition) is 3. The van der Waals surface area contributed by atoms with Gasteiger partial charge in [-0.3, -0.25) is 9.89 Å². The van der Waals surface area contributed by atoms with Crippen LogP contribution in [0.4, 0.5) is 17.1 Å². The van der Waals surface area contributed by atoms with E-state index in [1.165, 1.54) is 0 Å². The van der Waals surface area contributed by atoms with E-state index in [2.05, 4.69) is 39.0 Å². The van der Waals surface area contributed by atoms with Gasteiger partial charge in [-0.1, -0.05) is 48.6 Å². The highest BCUT2D eigenvalue weighted by Crippen LogP contribution is 2.25. The summed E-state index contributed by atoms with van der Waals surface area (Å²) in [6.07, 6.45) is 5.86. The summed E-state index contributed by atoms with van der Waals surface area (Å²) in [7, 11) is 0. The van der Waals surface area contributed by atoms with Gasteiger partial charge in [0.05, 0.1) is 11.2 Å². The summed E-state index contributed by atoms with van der Waals surface area (Å²) in [5, 5.41) is 14.9. The van der Waals surface area contributed by atoms with Gasteiger partial charge in [-0.25, -0.2) is 0 Å². The highest BCUT2D eigenvalue weighted by atomic mass is 16.1. The van der Waals surface area contributed by atoms with Gasteiger partial charge < -0.3 is 10.6 Å². The Hall–Kier alpha value is -4.12. The Morgan fingerprint density at radius 1 is 0.903 bits per heavy atom. The molecule has 5 heteroatoms. The Bertz CT molecular complexity index is 1270. The van der Waals surface area contributed by atoms with Crippen molar-refractivity contribution in [1.82, 2.24) is 10.2 Å². The van der Waals surface area contributed by atoms with Crippen LogP contribution in [0.2, 0.25) is 0 Å². The van der Waals surface area contributed by atoms with Crippen molar-refractivity contribution in [3.63, 3.8) is 0 Å². The highest BCUT2D eigenvalue weighted by molar-refractivity contribution is 6.03. The zero-order valence-electron chi connectivity index (χ0n) is 17.5. The monoisotopic (exact) mass is 408 g/mol. The van der Waals surface area contributed by atoms with Crippen LogP contribution in [0, 0.1) is 0 Å². The second-order valence-corrected chi connectivity index (χ2v) is 7.24. The molecule has 0 aliphatic carbocycles. The van der Waals surface area contributed by atoms with Crippen molar-refractivity contribution >= 4 is 46.0 Å². The summed E-state index contributed by atoms with van der Waals surface area (Å²) in [4.78, 5) is 12.1. The van der Waals surface area contributed by atoms with E-state index in [9.17, 15) is 4.79 Å². The lowest BCUT2D eigenvalue weighted by Gasteiger charge is -2.10. The largest absolute Gasteiger partial charge is 0.355 e. The van der Waals surface area contributed by atoms with E-state index in [1.54, 1.807) is 13.0 Å². The summed E-state index contributed by atoms with van der Waals surface area (Å²) in [6.45, 7) is 3.64. The molecule has 0 spiro atoms. The lowest BCUT2D eigenvalue weighted by atomic mass is 10.1. The zero-order valence-corrected chi connectivity index (χ0v) is 17.5. The molecule has 0 aliphatic heterocycles. The molecule has 154 valence electrons. The fourth-order valence-corrected chi connectivity index (χ4v) is 3.19. The lowest BCUT2D eigenvalue weighted by molar-refractivity contribution is -0.112. The van der Waals surface area contributed by atoms with Crippen LogP contribution in [0.1, 0.15) is 25.1 Å². The molecule has 0 radical (unpaired) electrons. The third kappa shape index (κ3) is 4.90. The van der Waals surface area contributed by atoms with Crippen LogP contribution in [0.5, 0.6) is 0 Å². The van der Waals surface area contributed by atoms with E-state index in [1.807, 2.05) is 73.7 Å². The Morgan fingerprint density at radius 2 is 1.68 bits per heavy atom. The number of aromatic amines is 1. The van der Waals surface area contributed by atoms with Crippen molar-refractivity contribution in [2.24, 2.45) is 0 Å². The lowest BCUT2D eigenvalue weighted by Crippen LogP contribution is -2.12. The van der Waals surface area contributed by atoms with E-state index in [0.717, 1.165) is 39.2 Å². The quantitative estimate of drug-likeness (QED) is 0.324. The van der Waals surface area contributed by atoms with E-state index >= 15 is 0 Å². The van der Waals surface area contributed by atoms with Gasteiger partial charge in [0.2, 0.25) is 0 Å². The molecule has 0 fully saturated rings. The standard InChI is InChI=1S/C26H24N4O/c1-3-18(2)26(31)28-21-11-7-10-20(16-21)27-22-13-14-23-24(29-30-25(23)17-22)15-12-19-8-5-4-6-9-19/h3-17,27H,1-2H3,(H,28,31)(H,29,30)/b15-12+,18-3+. The first-order valence-electron chi connectivity index (χ1n) is 10.1. The average molecular weight is 409 g/mol. The van der Waals surface area contributed by atoms with E-state index in [-0.39, 0.29) is 5.91 Å². The maximum Gasteiger partial charge on any atom is 0.250 e. The third-order valence-corrected chi connectivity index (χ3v) is 5.03. The molecular weight excluding hydrogens is 384 g/mol. The van der Waals surface area contributed by atoms with Gasteiger partial charge in [0, 0.05) is 28.0 Å². The number of hydrogen-bond donors (Lipinski definition) is 3. The highest BCUT2D eigenvalue weighted by Gasteiger charge is 2.06. The first-order valence-corrected chi connectivity index (χ1v) is 10.1. The van der Waals surface area contributed by atoms with Gasteiger partial charge in [0.25, 0.3) is 5.91 Å². The molecule has 1 amide bonds. The molecule has 4 rings (SSSR count). The molecule has 1 heterocycles. The Kier molecular flexibility index (Phi) is 5.94. The minimum atomic E-state index is -0.102. The maximum atomic E-state index is 12.1.